The zero-order chi connectivity index (χ0) is 20.7. The lowest BCUT2D eigenvalue weighted by atomic mass is 9.98. The van der Waals surface area contributed by atoms with Crippen LogP contribution in [0, 0.1) is 5.92 Å². The number of phenols is 1. The van der Waals surface area contributed by atoms with E-state index in [0.717, 1.165) is 24.6 Å². The second kappa shape index (κ2) is 7.69. The van der Waals surface area contributed by atoms with Crippen LogP contribution in [0.4, 0.5) is 0 Å². The van der Waals surface area contributed by atoms with Crippen LogP contribution in [0.1, 0.15) is 25.3 Å². The number of benzene rings is 2. The maximum Gasteiger partial charge on any atom is 0.200 e. The van der Waals surface area contributed by atoms with Gasteiger partial charge >= 0.3 is 0 Å². The predicted molar refractivity (Wildman–Crippen MR) is 113 cm³/mol. The fraction of sp³-hybridized carbons (Fsp3) is 0.375. The van der Waals surface area contributed by atoms with E-state index in [1.165, 1.54) is 24.0 Å². The molecule has 0 amide bonds. The average molecular weight is 408 g/mol. The summed E-state index contributed by atoms with van der Waals surface area (Å²) in [5.41, 5.74) is 2.27. The summed E-state index contributed by atoms with van der Waals surface area (Å²) in [5.74, 6) is 2.25. The van der Waals surface area contributed by atoms with Crippen molar-refractivity contribution in [3.63, 3.8) is 0 Å². The topological polar surface area (TPSA) is 73.3 Å². The number of fused-ring (bicyclic) bond motifs is 2. The highest BCUT2D eigenvalue weighted by Crippen LogP contribution is 2.34. The van der Waals surface area contributed by atoms with Gasteiger partial charge in [0.05, 0.1) is 29.6 Å². The smallest absolute Gasteiger partial charge is 0.200 e. The van der Waals surface area contributed by atoms with Gasteiger partial charge in [-0.25, -0.2) is 0 Å². The fourth-order valence-electron chi connectivity index (χ4n) is 4.43. The molecule has 1 aromatic heterocycles. The lowest BCUT2D eigenvalue weighted by molar-refractivity contribution is -0.919. The second-order valence-electron chi connectivity index (χ2n) is 8.39. The number of nitrogens with one attached hydrogen (secondary N) is 1. The van der Waals surface area contributed by atoms with Gasteiger partial charge in [-0.1, -0.05) is 13.0 Å². The molecule has 5 rings (SSSR count). The van der Waals surface area contributed by atoms with Gasteiger partial charge in [-0.15, -0.1) is 0 Å². The van der Waals surface area contributed by atoms with E-state index in [1.54, 1.807) is 12.1 Å². The quantitative estimate of drug-likeness (QED) is 0.697. The van der Waals surface area contributed by atoms with Crippen LogP contribution in [0.25, 0.3) is 22.1 Å². The van der Waals surface area contributed by atoms with Crippen LogP contribution in [0.15, 0.2) is 45.8 Å². The highest BCUT2D eigenvalue weighted by molar-refractivity contribution is 5.85. The fourth-order valence-corrected chi connectivity index (χ4v) is 4.43. The number of piperidine rings is 1. The second-order valence-corrected chi connectivity index (χ2v) is 8.39. The van der Waals surface area contributed by atoms with Crippen LogP contribution in [0.2, 0.25) is 0 Å². The molecule has 0 saturated carbocycles. The zero-order valence-electron chi connectivity index (χ0n) is 17.1. The minimum atomic E-state index is -0.114. The molecule has 30 heavy (non-hydrogen) atoms. The van der Waals surface area contributed by atoms with E-state index >= 15 is 0 Å². The van der Waals surface area contributed by atoms with Crippen LogP contribution < -0.4 is 19.8 Å². The van der Waals surface area contributed by atoms with E-state index in [0.29, 0.717) is 53.4 Å². The molecule has 2 aliphatic heterocycles. The Morgan fingerprint density at radius 3 is 2.63 bits per heavy atom. The third kappa shape index (κ3) is 3.41. The van der Waals surface area contributed by atoms with Crippen molar-refractivity contribution in [3.8, 4) is 28.4 Å². The molecule has 6 nitrogen and oxygen atoms in total. The molecule has 2 aliphatic rings. The summed E-state index contributed by atoms with van der Waals surface area (Å²) >= 11 is 0. The third-order valence-corrected chi connectivity index (χ3v) is 6.28. The van der Waals surface area contributed by atoms with Gasteiger partial charge in [0.25, 0.3) is 0 Å². The first-order chi connectivity index (χ1) is 14.6. The van der Waals surface area contributed by atoms with Crippen molar-refractivity contribution < 1.29 is 23.9 Å². The number of phenolic OH excluding ortho intramolecular Hbond substituents is 1. The number of hydrogen-bond donors (Lipinski definition) is 2. The summed E-state index contributed by atoms with van der Waals surface area (Å²) in [6, 6.07) is 8.72. The summed E-state index contributed by atoms with van der Waals surface area (Å²) in [4.78, 5) is 14.7. The Morgan fingerprint density at radius 1 is 1.07 bits per heavy atom. The van der Waals surface area contributed by atoms with Crippen molar-refractivity contribution in [2.45, 2.75) is 26.3 Å². The van der Waals surface area contributed by atoms with Gasteiger partial charge in [-0.2, -0.15) is 0 Å². The molecule has 0 radical (unpaired) electrons. The highest BCUT2D eigenvalue weighted by atomic mass is 16.6. The van der Waals surface area contributed by atoms with E-state index in [2.05, 4.69) is 6.92 Å². The van der Waals surface area contributed by atoms with E-state index in [4.69, 9.17) is 13.9 Å². The molecule has 2 N–H and O–H groups in total. The Labute approximate surface area is 174 Å². The molecule has 0 bridgehead atoms. The lowest BCUT2D eigenvalue weighted by Crippen LogP contribution is -3.11. The summed E-state index contributed by atoms with van der Waals surface area (Å²) in [6.07, 6.45) is 3.85. The van der Waals surface area contributed by atoms with Gasteiger partial charge in [0.2, 0.25) is 5.43 Å². The van der Waals surface area contributed by atoms with Gasteiger partial charge in [0, 0.05) is 0 Å². The molecule has 0 unspecified atom stereocenters. The maximum atomic E-state index is 13.3. The molecule has 0 spiro atoms. The number of ether oxygens (including phenoxy) is 2. The first kappa shape index (κ1) is 19.0. The van der Waals surface area contributed by atoms with Crippen molar-refractivity contribution >= 4 is 11.0 Å². The number of likely N-dealkylation sites (tertiary alicyclic amines) is 1. The maximum absolute atomic E-state index is 13.3. The standard InChI is InChI=1S/C24H25NO5/c1-15-6-8-25(9-7-15)13-18-20(26)4-3-17-23(27)19(14-30-24(17)18)16-2-5-21-22(12-16)29-11-10-28-21/h2-5,12,14-15,26H,6-11,13H2,1H3/p+1. The van der Waals surface area contributed by atoms with Gasteiger partial charge in [0.15, 0.2) is 11.5 Å². The summed E-state index contributed by atoms with van der Waals surface area (Å²) < 4.78 is 17.2. The monoisotopic (exact) mass is 408 g/mol. The van der Waals surface area contributed by atoms with Crippen LogP contribution in [0.3, 0.4) is 0 Å². The Kier molecular flexibility index (Phi) is 4.87. The molecule has 1 saturated heterocycles. The van der Waals surface area contributed by atoms with E-state index in [1.807, 2.05) is 18.2 Å². The molecular weight excluding hydrogens is 382 g/mol. The Morgan fingerprint density at radius 2 is 1.83 bits per heavy atom. The molecule has 6 heteroatoms. The van der Waals surface area contributed by atoms with Gasteiger partial charge < -0.3 is 23.9 Å². The number of quaternary nitrogens is 1. The molecule has 3 aromatic rings. The first-order valence-electron chi connectivity index (χ1n) is 10.6. The minimum Gasteiger partial charge on any atom is -0.507 e. The van der Waals surface area contributed by atoms with Crippen LogP contribution >= 0.6 is 0 Å². The van der Waals surface area contributed by atoms with Gasteiger partial charge in [-0.05, 0) is 48.6 Å². The van der Waals surface area contributed by atoms with Crippen molar-refractivity contribution in [3.05, 3.63) is 52.4 Å². The van der Waals surface area contributed by atoms with E-state index in [-0.39, 0.29) is 11.2 Å². The SMILES string of the molecule is CC1CC[NH+](Cc2c(O)ccc3c(=O)c(-c4ccc5c(c4)OCCO5)coc23)CC1. The van der Waals surface area contributed by atoms with Crippen molar-refractivity contribution in [2.75, 3.05) is 26.3 Å². The number of aromatic hydroxyl groups is 1. The number of rotatable bonds is 3. The highest BCUT2D eigenvalue weighted by Gasteiger charge is 2.23. The third-order valence-electron chi connectivity index (χ3n) is 6.28. The summed E-state index contributed by atoms with van der Waals surface area (Å²) in [7, 11) is 0. The first-order valence-corrected chi connectivity index (χ1v) is 10.6. The van der Waals surface area contributed by atoms with Crippen molar-refractivity contribution in [1.82, 2.24) is 0 Å². The van der Waals surface area contributed by atoms with Crippen LogP contribution in [-0.4, -0.2) is 31.4 Å². The van der Waals surface area contributed by atoms with E-state index < -0.39 is 0 Å². The van der Waals surface area contributed by atoms with Crippen molar-refractivity contribution in [1.29, 1.82) is 0 Å². The molecule has 156 valence electrons. The van der Waals surface area contributed by atoms with Crippen LogP contribution in [-0.2, 0) is 6.54 Å². The number of hydrogen-bond acceptors (Lipinski definition) is 5. The summed E-state index contributed by atoms with van der Waals surface area (Å²) in [6.45, 7) is 6.08. The lowest BCUT2D eigenvalue weighted by Gasteiger charge is -2.27. The Hall–Kier alpha value is -2.99. The van der Waals surface area contributed by atoms with Crippen molar-refractivity contribution in [2.24, 2.45) is 5.92 Å². The van der Waals surface area contributed by atoms with Crippen LogP contribution in [0.5, 0.6) is 17.2 Å². The average Bonchev–Trinajstić information content (AvgIpc) is 2.77. The Balaban J connectivity index is 1.53. The van der Waals surface area contributed by atoms with Gasteiger partial charge in [0.1, 0.15) is 37.4 Å². The van der Waals surface area contributed by atoms with E-state index in [9.17, 15) is 9.90 Å². The molecular formula is C24H26NO5+. The molecule has 0 atom stereocenters. The Bertz CT molecular complexity index is 1140. The molecule has 0 aliphatic carbocycles. The molecule has 3 heterocycles. The molecule has 2 aromatic carbocycles. The molecule has 1 fully saturated rings. The summed E-state index contributed by atoms with van der Waals surface area (Å²) in [5, 5.41) is 11.0. The predicted octanol–water partition coefficient (Wildman–Crippen LogP) is 2.75. The van der Waals surface area contributed by atoms with Gasteiger partial charge in [-0.3, -0.25) is 4.79 Å². The largest absolute Gasteiger partial charge is 0.507 e. The zero-order valence-corrected chi connectivity index (χ0v) is 17.1. The normalized spacial score (nSPS) is 21.0. The minimum absolute atomic E-state index is 0.114.